The van der Waals surface area contributed by atoms with E-state index in [1.54, 1.807) is 0 Å². The maximum Gasteiger partial charge on any atom is 0.472 e. The van der Waals surface area contributed by atoms with Crippen LogP contribution in [-0.2, 0) is 65.4 Å². The van der Waals surface area contributed by atoms with E-state index in [4.69, 9.17) is 37.0 Å². The molecule has 0 aromatic carbocycles. The molecule has 0 amide bonds. The van der Waals surface area contributed by atoms with Gasteiger partial charge in [-0.05, 0) is 37.5 Å². The Kier molecular flexibility index (Phi) is 73.1. The van der Waals surface area contributed by atoms with Crippen molar-refractivity contribution >= 4 is 39.5 Å². The molecule has 0 aliphatic heterocycles. The van der Waals surface area contributed by atoms with Crippen molar-refractivity contribution in [2.75, 3.05) is 39.6 Å². The molecule has 17 nitrogen and oxygen atoms in total. The fourth-order valence-corrected chi connectivity index (χ4v) is 14.5. The van der Waals surface area contributed by atoms with Gasteiger partial charge in [0, 0.05) is 25.7 Å². The highest BCUT2D eigenvalue weighted by Crippen LogP contribution is 2.45. The van der Waals surface area contributed by atoms with E-state index in [0.717, 1.165) is 108 Å². The molecule has 0 aromatic heterocycles. The summed E-state index contributed by atoms with van der Waals surface area (Å²) in [6, 6.07) is 0. The Labute approximate surface area is 626 Å². The third kappa shape index (κ3) is 76.3. The summed E-state index contributed by atoms with van der Waals surface area (Å²) in [4.78, 5) is 72.8. The van der Waals surface area contributed by atoms with Crippen LogP contribution in [-0.4, -0.2) is 96.7 Å². The second kappa shape index (κ2) is 74.5. The van der Waals surface area contributed by atoms with Crippen LogP contribution in [0.3, 0.4) is 0 Å². The molecule has 606 valence electrons. The van der Waals surface area contributed by atoms with Crippen molar-refractivity contribution in [2.45, 2.75) is 458 Å². The van der Waals surface area contributed by atoms with Crippen LogP contribution in [0.4, 0.5) is 0 Å². The zero-order valence-electron chi connectivity index (χ0n) is 66.9. The van der Waals surface area contributed by atoms with Gasteiger partial charge in [-0.15, -0.1) is 0 Å². The number of carbonyl (C=O) groups is 4. The van der Waals surface area contributed by atoms with E-state index in [0.29, 0.717) is 25.7 Å². The van der Waals surface area contributed by atoms with Gasteiger partial charge in [0.1, 0.15) is 19.3 Å². The molecule has 5 atom stereocenters. The predicted octanol–water partition coefficient (Wildman–Crippen LogP) is 25.1. The third-order valence-corrected chi connectivity index (χ3v) is 21.4. The van der Waals surface area contributed by atoms with Gasteiger partial charge in [0.2, 0.25) is 0 Å². The molecule has 0 aromatic rings. The molecule has 2 unspecified atom stereocenters. The second-order valence-corrected chi connectivity index (χ2v) is 33.7. The number of ether oxygens (including phenoxy) is 4. The zero-order valence-corrected chi connectivity index (χ0v) is 68.7. The second-order valence-electron chi connectivity index (χ2n) is 30.8. The van der Waals surface area contributed by atoms with Gasteiger partial charge in [0.25, 0.3) is 0 Å². The topological polar surface area (TPSA) is 237 Å². The van der Waals surface area contributed by atoms with Crippen LogP contribution >= 0.6 is 15.6 Å². The van der Waals surface area contributed by atoms with Gasteiger partial charge in [-0.25, -0.2) is 9.13 Å². The fourth-order valence-electron chi connectivity index (χ4n) is 12.9. The average molecular weight is 1490 g/mol. The summed E-state index contributed by atoms with van der Waals surface area (Å²) in [7, 11) is -9.91. The van der Waals surface area contributed by atoms with E-state index in [1.165, 1.54) is 250 Å². The first-order chi connectivity index (χ1) is 49.4. The van der Waals surface area contributed by atoms with Gasteiger partial charge >= 0.3 is 39.5 Å². The first kappa shape index (κ1) is 100. The van der Waals surface area contributed by atoms with Crippen LogP contribution < -0.4 is 0 Å². The number of rotatable bonds is 82. The maximum absolute atomic E-state index is 13.1. The van der Waals surface area contributed by atoms with Gasteiger partial charge in [0.05, 0.1) is 26.4 Å². The highest BCUT2D eigenvalue weighted by atomic mass is 31.2. The molecule has 0 aliphatic rings. The number of aliphatic hydroxyl groups is 1. The van der Waals surface area contributed by atoms with E-state index >= 15 is 0 Å². The number of carbonyl (C=O) groups excluding carboxylic acids is 4. The molecule has 102 heavy (non-hydrogen) atoms. The SMILES string of the molecule is CCCCCCCCCCCCCCCCCCCCCCCCC(=O)O[C@H](COC(=O)CCCCCCCCCCCCCCCCCCC(C)C)COP(=O)(O)OC[C@@H](O)COP(=O)(O)OC[C@@H](COC(=O)CCCCCCC)OC(=O)CCCCCCCCCCCCCCCC(C)C. The Hall–Kier alpha value is -1.94. The van der Waals surface area contributed by atoms with Crippen molar-refractivity contribution in [1.82, 2.24) is 0 Å². The van der Waals surface area contributed by atoms with Crippen LogP contribution in [0.25, 0.3) is 0 Å². The molecular weight excluding hydrogens is 1330 g/mol. The van der Waals surface area contributed by atoms with E-state index in [2.05, 4.69) is 41.5 Å². The van der Waals surface area contributed by atoms with Gasteiger partial charge in [0.15, 0.2) is 12.2 Å². The Morgan fingerprint density at radius 2 is 0.451 bits per heavy atom. The Bertz CT molecular complexity index is 1960. The molecule has 3 N–H and O–H groups in total. The lowest BCUT2D eigenvalue weighted by Gasteiger charge is -2.21. The van der Waals surface area contributed by atoms with E-state index < -0.39 is 97.5 Å². The van der Waals surface area contributed by atoms with Crippen molar-refractivity contribution in [3.63, 3.8) is 0 Å². The third-order valence-electron chi connectivity index (χ3n) is 19.5. The van der Waals surface area contributed by atoms with Crippen molar-refractivity contribution in [1.29, 1.82) is 0 Å². The molecule has 19 heteroatoms. The summed E-state index contributed by atoms with van der Waals surface area (Å²) in [6.45, 7) is 9.60. The molecule has 0 saturated carbocycles. The van der Waals surface area contributed by atoms with Crippen LogP contribution in [0.5, 0.6) is 0 Å². The molecule has 0 heterocycles. The minimum atomic E-state index is -4.96. The molecule has 0 spiro atoms. The lowest BCUT2D eigenvalue weighted by Crippen LogP contribution is -2.30. The summed E-state index contributed by atoms with van der Waals surface area (Å²) in [6.07, 6.45) is 65.8. The van der Waals surface area contributed by atoms with Gasteiger partial charge in [-0.2, -0.15) is 0 Å². The monoisotopic (exact) mass is 1490 g/mol. The largest absolute Gasteiger partial charge is 0.472 e. The lowest BCUT2D eigenvalue weighted by atomic mass is 10.0. The van der Waals surface area contributed by atoms with Gasteiger partial charge in [-0.3, -0.25) is 37.3 Å². The van der Waals surface area contributed by atoms with Gasteiger partial charge < -0.3 is 33.8 Å². The number of aliphatic hydroxyl groups excluding tert-OH is 1. The smallest absolute Gasteiger partial charge is 0.462 e. The van der Waals surface area contributed by atoms with Crippen molar-refractivity contribution in [3.05, 3.63) is 0 Å². The molecular formula is C83H162O17P2. The minimum absolute atomic E-state index is 0.107. The highest BCUT2D eigenvalue weighted by molar-refractivity contribution is 7.47. The molecule has 0 saturated heterocycles. The number of phosphoric ester groups is 2. The zero-order chi connectivity index (χ0) is 74.9. The first-order valence-electron chi connectivity index (χ1n) is 43.0. The predicted molar refractivity (Wildman–Crippen MR) is 418 cm³/mol. The molecule has 0 radical (unpaired) electrons. The van der Waals surface area contributed by atoms with Crippen LogP contribution in [0.2, 0.25) is 0 Å². The Morgan fingerprint density at radius 1 is 0.265 bits per heavy atom. The fraction of sp³-hybridized carbons (Fsp3) is 0.952. The number of unbranched alkanes of at least 4 members (excludes halogenated alkanes) is 52. The molecule has 0 aliphatic carbocycles. The summed E-state index contributed by atoms with van der Waals surface area (Å²) < 4.78 is 68.5. The summed E-state index contributed by atoms with van der Waals surface area (Å²) >= 11 is 0. The molecule has 0 rings (SSSR count). The normalized spacial score (nSPS) is 13.9. The number of phosphoric acid groups is 2. The number of hydrogen-bond acceptors (Lipinski definition) is 15. The summed E-state index contributed by atoms with van der Waals surface area (Å²) in [5, 5.41) is 10.6. The van der Waals surface area contributed by atoms with Crippen molar-refractivity contribution in [2.24, 2.45) is 11.8 Å². The summed E-state index contributed by atoms with van der Waals surface area (Å²) in [5.41, 5.74) is 0. The van der Waals surface area contributed by atoms with E-state index in [9.17, 15) is 43.2 Å². The quantitative estimate of drug-likeness (QED) is 0.0222. The summed E-state index contributed by atoms with van der Waals surface area (Å²) in [5.74, 6) is -0.519. The average Bonchev–Trinajstić information content (AvgIpc) is 1.08. The maximum atomic E-state index is 13.1. The van der Waals surface area contributed by atoms with E-state index in [-0.39, 0.29) is 25.7 Å². The van der Waals surface area contributed by atoms with Crippen LogP contribution in [0, 0.1) is 11.8 Å². The Morgan fingerprint density at radius 3 is 0.667 bits per heavy atom. The lowest BCUT2D eigenvalue weighted by molar-refractivity contribution is -0.161. The number of esters is 4. The minimum Gasteiger partial charge on any atom is -0.462 e. The van der Waals surface area contributed by atoms with Crippen LogP contribution in [0.1, 0.15) is 440 Å². The van der Waals surface area contributed by atoms with Crippen LogP contribution in [0.15, 0.2) is 0 Å². The van der Waals surface area contributed by atoms with Gasteiger partial charge in [-0.1, -0.05) is 388 Å². The highest BCUT2D eigenvalue weighted by Gasteiger charge is 2.30. The molecule has 0 fully saturated rings. The Balaban J connectivity index is 5.11. The van der Waals surface area contributed by atoms with E-state index in [1.807, 2.05) is 0 Å². The molecule has 0 bridgehead atoms. The number of hydrogen-bond donors (Lipinski definition) is 3. The van der Waals surface area contributed by atoms with Crippen molar-refractivity contribution in [3.8, 4) is 0 Å². The van der Waals surface area contributed by atoms with Crippen molar-refractivity contribution < 1.29 is 80.2 Å². The standard InChI is InChI=1S/C83H162O17P2/c1-7-9-11-13-14-15-16-17-18-19-20-21-22-23-24-29-34-39-44-49-55-61-68-83(88)100-79(72-94-81(86)66-60-54-48-43-38-33-28-26-25-27-31-36-41-46-52-57-63-75(3)4)74-98-102(91,92)96-70-77(84)69-95-101(89,90)97-73-78(71-93-80(85)65-59-51-12-10-8-2)99-82(87)67-62-56-50-45-40-35-30-32-37-42-47-53-58-64-76(5)6/h75-79,84H,7-74H2,1-6H3,(H,89,90)(H,91,92)/t77-,78+,79+/m0/s1. The first-order valence-corrected chi connectivity index (χ1v) is 46.0.